The predicted molar refractivity (Wildman–Crippen MR) is 51.7 cm³/mol. The maximum Gasteiger partial charge on any atom is 0.133 e. The second-order valence-corrected chi connectivity index (χ2v) is 4.64. The Morgan fingerprint density at radius 3 is 2.69 bits per heavy atom. The molecule has 2 aliphatic heterocycles. The third kappa shape index (κ3) is 1.76. The highest BCUT2D eigenvalue weighted by atomic mass is 16.1. The fraction of sp³-hybridized carbons (Fsp3) is 0.900. The van der Waals surface area contributed by atoms with Gasteiger partial charge in [-0.2, -0.15) is 0 Å². The summed E-state index contributed by atoms with van der Waals surface area (Å²) in [4.78, 5) is 15.1. The first-order chi connectivity index (χ1) is 6.24. The van der Waals surface area contributed by atoms with Crippen LogP contribution in [0.15, 0.2) is 0 Å². The number of likely N-dealkylation sites (tertiary alicyclic amines) is 2. The van der Waals surface area contributed by atoms with E-state index < -0.39 is 0 Å². The van der Waals surface area contributed by atoms with E-state index in [9.17, 15) is 4.79 Å². The molecule has 0 bridgehead atoms. The van der Waals surface area contributed by atoms with E-state index in [0.717, 1.165) is 19.4 Å². The summed E-state index contributed by atoms with van der Waals surface area (Å²) in [7, 11) is 2.19. The van der Waals surface area contributed by atoms with Crippen molar-refractivity contribution in [2.24, 2.45) is 5.41 Å². The number of hydrogen-bond acceptors (Lipinski definition) is 3. The molecule has 13 heavy (non-hydrogen) atoms. The molecular formula is C10H18N2O. The zero-order valence-electron chi connectivity index (χ0n) is 8.33. The molecule has 0 aromatic heterocycles. The Bertz CT molecular complexity index is 207. The van der Waals surface area contributed by atoms with Gasteiger partial charge in [0.25, 0.3) is 0 Å². The monoisotopic (exact) mass is 182 g/mol. The summed E-state index contributed by atoms with van der Waals surface area (Å²) in [6.45, 7) is 5.34. The molecule has 0 aromatic rings. The van der Waals surface area contributed by atoms with Crippen LogP contribution in [0, 0.1) is 5.41 Å². The molecule has 0 radical (unpaired) electrons. The SMILES string of the molecule is CN1CCC2(CCN(CC=O)C2)C1. The van der Waals surface area contributed by atoms with Gasteiger partial charge in [0.05, 0.1) is 6.54 Å². The van der Waals surface area contributed by atoms with E-state index >= 15 is 0 Å². The molecule has 0 saturated carbocycles. The van der Waals surface area contributed by atoms with Crippen LogP contribution in [0.5, 0.6) is 0 Å². The van der Waals surface area contributed by atoms with Crippen molar-refractivity contribution in [1.82, 2.24) is 9.80 Å². The van der Waals surface area contributed by atoms with Crippen LogP contribution in [0.2, 0.25) is 0 Å². The van der Waals surface area contributed by atoms with Crippen molar-refractivity contribution in [3.63, 3.8) is 0 Å². The van der Waals surface area contributed by atoms with Crippen LogP contribution in [0.1, 0.15) is 12.8 Å². The summed E-state index contributed by atoms with van der Waals surface area (Å²) in [6.07, 6.45) is 3.63. The Morgan fingerprint density at radius 1 is 1.31 bits per heavy atom. The van der Waals surface area contributed by atoms with E-state index in [4.69, 9.17) is 0 Å². The Hall–Kier alpha value is -0.410. The first-order valence-corrected chi connectivity index (χ1v) is 5.09. The Balaban J connectivity index is 1.93. The summed E-state index contributed by atoms with van der Waals surface area (Å²) in [6, 6.07) is 0. The number of carbonyl (C=O) groups excluding carboxylic acids is 1. The lowest BCUT2D eigenvalue weighted by Crippen LogP contribution is -2.30. The number of carbonyl (C=O) groups is 1. The van der Waals surface area contributed by atoms with Gasteiger partial charge in [-0.1, -0.05) is 0 Å². The highest BCUT2D eigenvalue weighted by Crippen LogP contribution is 2.38. The number of rotatable bonds is 2. The van der Waals surface area contributed by atoms with Crippen LogP contribution in [0.3, 0.4) is 0 Å². The molecular weight excluding hydrogens is 164 g/mol. The average Bonchev–Trinajstić information content (AvgIpc) is 2.62. The molecule has 3 heteroatoms. The Morgan fingerprint density at radius 2 is 2.08 bits per heavy atom. The van der Waals surface area contributed by atoms with Crippen molar-refractivity contribution in [2.45, 2.75) is 12.8 Å². The van der Waals surface area contributed by atoms with Gasteiger partial charge in [-0.15, -0.1) is 0 Å². The Labute approximate surface area is 79.7 Å². The number of hydrogen-bond donors (Lipinski definition) is 0. The fourth-order valence-corrected chi connectivity index (χ4v) is 2.78. The summed E-state index contributed by atoms with van der Waals surface area (Å²) >= 11 is 0. The minimum Gasteiger partial charge on any atom is -0.306 e. The lowest BCUT2D eigenvalue weighted by molar-refractivity contribution is -0.108. The quantitative estimate of drug-likeness (QED) is 0.570. The van der Waals surface area contributed by atoms with Crippen LogP contribution in [0.4, 0.5) is 0 Å². The molecule has 74 valence electrons. The topological polar surface area (TPSA) is 23.6 Å². The van der Waals surface area contributed by atoms with Crippen molar-refractivity contribution < 1.29 is 4.79 Å². The van der Waals surface area contributed by atoms with E-state index in [0.29, 0.717) is 12.0 Å². The summed E-state index contributed by atoms with van der Waals surface area (Å²) in [5.74, 6) is 0. The van der Waals surface area contributed by atoms with E-state index in [2.05, 4.69) is 16.8 Å². The van der Waals surface area contributed by atoms with Gasteiger partial charge in [0.2, 0.25) is 0 Å². The molecule has 0 aliphatic carbocycles. The first kappa shape index (κ1) is 9.16. The fourth-order valence-electron chi connectivity index (χ4n) is 2.78. The normalized spacial score (nSPS) is 36.1. The standard InChI is InChI=1S/C10H18N2O/c1-11-4-2-10(8-11)3-5-12(9-10)6-7-13/h7H,2-6,8-9H2,1H3. The minimum atomic E-state index is 0.526. The lowest BCUT2D eigenvalue weighted by atomic mass is 9.86. The minimum absolute atomic E-state index is 0.526. The molecule has 2 heterocycles. The van der Waals surface area contributed by atoms with E-state index in [1.165, 1.54) is 25.9 Å². The first-order valence-electron chi connectivity index (χ1n) is 5.09. The summed E-state index contributed by atoms with van der Waals surface area (Å²) < 4.78 is 0. The average molecular weight is 182 g/mol. The Kier molecular flexibility index (Phi) is 2.39. The number of aldehydes is 1. The molecule has 3 nitrogen and oxygen atoms in total. The van der Waals surface area contributed by atoms with Crippen molar-refractivity contribution in [2.75, 3.05) is 39.8 Å². The van der Waals surface area contributed by atoms with Gasteiger partial charge >= 0.3 is 0 Å². The van der Waals surface area contributed by atoms with Crippen LogP contribution >= 0.6 is 0 Å². The maximum atomic E-state index is 10.4. The van der Waals surface area contributed by atoms with Crippen molar-refractivity contribution in [3.05, 3.63) is 0 Å². The second-order valence-electron chi connectivity index (χ2n) is 4.64. The largest absolute Gasteiger partial charge is 0.306 e. The van der Waals surface area contributed by atoms with Gasteiger partial charge < -0.3 is 9.69 Å². The molecule has 0 aromatic carbocycles. The van der Waals surface area contributed by atoms with Gasteiger partial charge in [0, 0.05) is 13.1 Å². The summed E-state index contributed by atoms with van der Waals surface area (Å²) in [5, 5.41) is 0. The van der Waals surface area contributed by atoms with Crippen molar-refractivity contribution in [1.29, 1.82) is 0 Å². The van der Waals surface area contributed by atoms with Gasteiger partial charge in [0.1, 0.15) is 6.29 Å². The van der Waals surface area contributed by atoms with E-state index in [1.54, 1.807) is 0 Å². The van der Waals surface area contributed by atoms with Gasteiger partial charge in [-0.05, 0) is 38.4 Å². The van der Waals surface area contributed by atoms with Crippen LogP contribution < -0.4 is 0 Å². The van der Waals surface area contributed by atoms with Gasteiger partial charge in [-0.25, -0.2) is 0 Å². The molecule has 1 atom stereocenters. The van der Waals surface area contributed by atoms with Gasteiger partial charge in [0.15, 0.2) is 0 Å². The molecule has 2 fully saturated rings. The van der Waals surface area contributed by atoms with E-state index in [1.807, 2.05) is 0 Å². The highest BCUT2D eigenvalue weighted by Gasteiger charge is 2.41. The predicted octanol–water partition coefficient (Wildman–Crippen LogP) is 0.213. The molecule has 2 saturated heterocycles. The third-order valence-corrected chi connectivity index (χ3v) is 3.48. The summed E-state index contributed by atoms with van der Waals surface area (Å²) in [5.41, 5.74) is 0.526. The maximum absolute atomic E-state index is 10.4. The molecule has 0 amide bonds. The van der Waals surface area contributed by atoms with Crippen LogP contribution in [-0.2, 0) is 4.79 Å². The number of nitrogens with zero attached hydrogens (tertiary/aromatic N) is 2. The third-order valence-electron chi connectivity index (χ3n) is 3.48. The molecule has 1 unspecified atom stereocenters. The zero-order chi connectivity index (χ0) is 9.31. The van der Waals surface area contributed by atoms with Gasteiger partial charge in [-0.3, -0.25) is 4.90 Å². The van der Waals surface area contributed by atoms with Crippen LogP contribution in [0.25, 0.3) is 0 Å². The van der Waals surface area contributed by atoms with Crippen molar-refractivity contribution >= 4 is 6.29 Å². The zero-order valence-corrected chi connectivity index (χ0v) is 8.33. The molecule has 1 spiro atoms. The van der Waals surface area contributed by atoms with Crippen molar-refractivity contribution in [3.8, 4) is 0 Å². The molecule has 0 N–H and O–H groups in total. The van der Waals surface area contributed by atoms with E-state index in [-0.39, 0.29) is 0 Å². The second kappa shape index (κ2) is 3.39. The highest BCUT2D eigenvalue weighted by molar-refractivity contribution is 5.52. The molecule has 2 rings (SSSR count). The smallest absolute Gasteiger partial charge is 0.133 e. The van der Waals surface area contributed by atoms with Crippen LogP contribution in [-0.4, -0.2) is 55.9 Å². The lowest BCUT2D eigenvalue weighted by Gasteiger charge is -2.22. The molecule has 2 aliphatic rings.